The van der Waals surface area contributed by atoms with Gasteiger partial charge in [0.15, 0.2) is 6.10 Å². The largest absolute Gasteiger partial charge is 0.467 e. The van der Waals surface area contributed by atoms with Gasteiger partial charge >= 0.3 is 12.1 Å². The van der Waals surface area contributed by atoms with Gasteiger partial charge in [0, 0.05) is 12.3 Å². The molecule has 2 aliphatic rings. The normalized spacial score (nSPS) is 18.3. The van der Waals surface area contributed by atoms with Crippen LogP contribution in [0.1, 0.15) is 29.0 Å². The third-order valence-corrected chi connectivity index (χ3v) is 6.76. The third kappa shape index (κ3) is 5.53. The Hall–Kier alpha value is -4.21. The molecule has 1 saturated heterocycles. The Morgan fingerprint density at radius 2 is 1.55 bits per heavy atom. The molecule has 2 amide bonds. The number of hydrogen-bond acceptors (Lipinski definition) is 7. The topological polar surface area (TPSA) is 106 Å². The Kier molecular flexibility index (Phi) is 7.67. The molecular weight excluding hydrogens is 486 g/mol. The monoisotopic (exact) mass is 515 g/mol. The predicted octanol–water partition coefficient (Wildman–Crippen LogP) is 3.35. The zero-order valence-corrected chi connectivity index (χ0v) is 21.0. The number of hydroxylamine groups is 2. The van der Waals surface area contributed by atoms with Gasteiger partial charge in [-0.25, -0.2) is 9.59 Å². The van der Waals surface area contributed by atoms with E-state index >= 15 is 0 Å². The van der Waals surface area contributed by atoms with Gasteiger partial charge in [0.25, 0.3) is 0 Å². The van der Waals surface area contributed by atoms with Gasteiger partial charge in [0.05, 0.1) is 13.7 Å². The molecular formula is C29H29N3O6. The van der Waals surface area contributed by atoms with E-state index < -0.39 is 30.2 Å². The average molecular weight is 516 g/mol. The minimum atomic E-state index is -0.830. The Morgan fingerprint density at radius 3 is 2.21 bits per heavy atom. The van der Waals surface area contributed by atoms with Crippen molar-refractivity contribution >= 4 is 18.0 Å². The highest BCUT2D eigenvalue weighted by Gasteiger charge is 2.39. The Labute approximate surface area is 220 Å². The van der Waals surface area contributed by atoms with Crippen LogP contribution in [0.3, 0.4) is 0 Å². The van der Waals surface area contributed by atoms with Crippen molar-refractivity contribution in [2.75, 3.05) is 20.3 Å². The first kappa shape index (κ1) is 25.4. The van der Waals surface area contributed by atoms with Crippen LogP contribution in [0.5, 0.6) is 0 Å². The van der Waals surface area contributed by atoms with Crippen LogP contribution < -0.4 is 10.6 Å². The fourth-order valence-electron chi connectivity index (χ4n) is 4.95. The van der Waals surface area contributed by atoms with Crippen LogP contribution >= 0.6 is 0 Å². The average Bonchev–Trinajstić information content (AvgIpc) is 3.49. The Bertz CT molecular complexity index is 1270. The van der Waals surface area contributed by atoms with Crippen LogP contribution in [0.25, 0.3) is 11.1 Å². The molecule has 1 fully saturated rings. The molecule has 9 nitrogen and oxygen atoms in total. The standard InChI is InChI=1S/C29H29N3O6/c1-36-28(34)25-15-26(32(38-25)17-19-9-3-2-4-10-19)31-27(33)16-30-29(35)37-18-24-22-13-7-5-11-20(22)21-12-6-8-14-23(21)24/h2-14,24-26H,15-18H2,1H3,(H,30,35)(H,31,33)/t25-,26+/m1/s1. The number of nitrogens with one attached hydrogen (secondary N) is 2. The van der Waals surface area contributed by atoms with E-state index in [1.54, 1.807) is 5.06 Å². The highest BCUT2D eigenvalue weighted by atomic mass is 16.7. The second kappa shape index (κ2) is 11.5. The number of esters is 1. The fourth-order valence-corrected chi connectivity index (χ4v) is 4.95. The summed E-state index contributed by atoms with van der Waals surface area (Å²) in [7, 11) is 1.29. The molecule has 9 heteroatoms. The van der Waals surface area contributed by atoms with Gasteiger partial charge in [-0.3, -0.25) is 9.63 Å². The van der Waals surface area contributed by atoms with Crippen molar-refractivity contribution < 1.29 is 28.7 Å². The number of methoxy groups -OCH3 is 1. The summed E-state index contributed by atoms with van der Waals surface area (Å²) in [5.74, 6) is -1.02. The van der Waals surface area contributed by atoms with E-state index in [2.05, 4.69) is 22.8 Å². The molecule has 0 spiro atoms. The zero-order valence-electron chi connectivity index (χ0n) is 21.0. The summed E-state index contributed by atoms with van der Waals surface area (Å²) in [6.07, 6.45) is -1.87. The van der Waals surface area contributed by atoms with E-state index in [1.165, 1.54) is 7.11 Å². The molecule has 0 radical (unpaired) electrons. The predicted molar refractivity (Wildman–Crippen MR) is 138 cm³/mol. The first-order valence-corrected chi connectivity index (χ1v) is 12.5. The van der Waals surface area contributed by atoms with E-state index in [0.717, 1.165) is 27.8 Å². The fraction of sp³-hybridized carbons (Fsp3) is 0.276. The minimum absolute atomic E-state index is 0.0700. The summed E-state index contributed by atoms with van der Waals surface area (Å²) >= 11 is 0. The molecule has 1 aliphatic carbocycles. The lowest BCUT2D eigenvalue weighted by atomic mass is 9.98. The number of carbonyl (C=O) groups is 3. The molecule has 38 heavy (non-hydrogen) atoms. The lowest BCUT2D eigenvalue weighted by molar-refractivity contribution is -0.193. The first-order chi connectivity index (χ1) is 18.5. The molecule has 0 aromatic heterocycles. The zero-order chi connectivity index (χ0) is 26.5. The smallest absolute Gasteiger partial charge is 0.407 e. The number of ether oxygens (including phenoxy) is 2. The Morgan fingerprint density at radius 1 is 0.921 bits per heavy atom. The second-order valence-corrected chi connectivity index (χ2v) is 9.18. The summed E-state index contributed by atoms with van der Waals surface area (Å²) in [4.78, 5) is 42.9. The van der Waals surface area contributed by atoms with Crippen molar-refractivity contribution in [2.45, 2.75) is 31.2 Å². The molecule has 5 rings (SSSR count). The molecule has 0 unspecified atom stereocenters. The highest BCUT2D eigenvalue weighted by Crippen LogP contribution is 2.44. The van der Waals surface area contributed by atoms with Crippen LogP contribution in [-0.2, 0) is 30.4 Å². The number of fused-ring (bicyclic) bond motifs is 3. The SMILES string of the molecule is COC(=O)[C@H]1C[C@@H](NC(=O)CNC(=O)OCC2c3ccccc3-c3ccccc32)N(Cc2ccccc2)O1. The second-order valence-electron chi connectivity index (χ2n) is 9.18. The van der Waals surface area contributed by atoms with Crippen LogP contribution in [-0.4, -0.2) is 55.6 Å². The van der Waals surface area contributed by atoms with E-state index in [0.29, 0.717) is 6.54 Å². The third-order valence-electron chi connectivity index (χ3n) is 6.76. The quantitative estimate of drug-likeness (QED) is 0.443. The highest BCUT2D eigenvalue weighted by molar-refractivity contribution is 5.83. The number of alkyl carbamates (subject to hydrolysis) is 1. The molecule has 2 N–H and O–H groups in total. The summed E-state index contributed by atoms with van der Waals surface area (Å²) in [5.41, 5.74) is 5.45. The molecule has 1 heterocycles. The molecule has 0 bridgehead atoms. The number of benzene rings is 3. The summed E-state index contributed by atoms with van der Waals surface area (Å²) < 4.78 is 10.3. The van der Waals surface area contributed by atoms with Crippen molar-refractivity contribution in [1.29, 1.82) is 0 Å². The van der Waals surface area contributed by atoms with Crippen LogP contribution in [0, 0.1) is 0 Å². The van der Waals surface area contributed by atoms with Gasteiger partial charge in [-0.1, -0.05) is 78.9 Å². The van der Waals surface area contributed by atoms with Gasteiger partial charge in [0.2, 0.25) is 5.91 Å². The van der Waals surface area contributed by atoms with Gasteiger partial charge in [-0.2, -0.15) is 5.06 Å². The lowest BCUT2D eigenvalue weighted by Crippen LogP contribution is -2.47. The van der Waals surface area contributed by atoms with E-state index in [4.69, 9.17) is 14.3 Å². The maximum absolute atomic E-state index is 12.7. The molecule has 0 saturated carbocycles. The van der Waals surface area contributed by atoms with Gasteiger partial charge in [0.1, 0.15) is 19.3 Å². The van der Waals surface area contributed by atoms with Crippen molar-refractivity contribution in [3.8, 4) is 11.1 Å². The molecule has 3 aromatic carbocycles. The number of amides is 2. The van der Waals surface area contributed by atoms with E-state index in [9.17, 15) is 14.4 Å². The van der Waals surface area contributed by atoms with Crippen LogP contribution in [0.4, 0.5) is 4.79 Å². The first-order valence-electron chi connectivity index (χ1n) is 12.5. The van der Waals surface area contributed by atoms with Crippen molar-refractivity contribution in [1.82, 2.24) is 15.7 Å². The van der Waals surface area contributed by atoms with Gasteiger partial charge < -0.3 is 20.1 Å². The van der Waals surface area contributed by atoms with E-state index in [-0.39, 0.29) is 25.5 Å². The Balaban J connectivity index is 1.14. The van der Waals surface area contributed by atoms with Crippen molar-refractivity contribution in [3.05, 3.63) is 95.6 Å². The number of nitrogens with zero attached hydrogens (tertiary/aromatic N) is 1. The molecule has 3 aromatic rings. The van der Waals surface area contributed by atoms with Gasteiger partial charge in [-0.05, 0) is 27.8 Å². The van der Waals surface area contributed by atoms with Crippen molar-refractivity contribution in [3.63, 3.8) is 0 Å². The van der Waals surface area contributed by atoms with Crippen LogP contribution in [0.15, 0.2) is 78.9 Å². The van der Waals surface area contributed by atoms with E-state index in [1.807, 2.05) is 66.7 Å². The van der Waals surface area contributed by atoms with Crippen LogP contribution in [0.2, 0.25) is 0 Å². The van der Waals surface area contributed by atoms with Crippen molar-refractivity contribution in [2.24, 2.45) is 0 Å². The van der Waals surface area contributed by atoms with Gasteiger partial charge in [-0.15, -0.1) is 0 Å². The minimum Gasteiger partial charge on any atom is -0.467 e. The number of carbonyl (C=O) groups excluding carboxylic acids is 3. The molecule has 1 aliphatic heterocycles. The maximum atomic E-state index is 12.7. The molecule has 196 valence electrons. The summed E-state index contributed by atoms with van der Waals surface area (Å²) in [6, 6.07) is 25.7. The number of rotatable bonds is 8. The lowest BCUT2D eigenvalue weighted by Gasteiger charge is -2.23. The summed E-state index contributed by atoms with van der Waals surface area (Å²) in [5, 5.41) is 6.88. The molecule has 2 atom stereocenters. The summed E-state index contributed by atoms with van der Waals surface area (Å²) in [6.45, 7) is 0.234. The number of hydrogen-bond donors (Lipinski definition) is 2. The maximum Gasteiger partial charge on any atom is 0.407 e.